The van der Waals surface area contributed by atoms with Crippen molar-refractivity contribution in [1.82, 2.24) is 20.5 Å². The van der Waals surface area contributed by atoms with Crippen molar-refractivity contribution in [3.63, 3.8) is 0 Å². The highest BCUT2D eigenvalue weighted by atomic mass is 127. The van der Waals surface area contributed by atoms with E-state index in [0.717, 1.165) is 77.1 Å². The van der Waals surface area contributed by atoms with Crippen LogP contribution in [0, 0.1) is 0 Å². The Kier molecular flexibility index (Phi) is 10.6. The molecule has 0 saturated carbocycles. The Labute approximate surface area is 190 Å². The third kappa shape index (κ3) is 7.20. The van der Waals surface area contributed by atoms with Crippen LogP contribution in [0.3, 0.4) is 0 Å². The van der Waals surface area contributed by atoms with Crippen molar-refractivity contribution < 1.29 is 4.74 Å². The highest BCUT2D eigenvalue weighted by Crippen LogP contribution is 2.25. The van der Waals surface area contributed by atoms with E-state index in [1.807, 2.05) is 19.2 Å². The topological polar surface area (TPSA) is 65.0 Å². The average Bonchev–Trinajstić information content (AvgIpc) is 3.16. The van der Waals surface area contributed by atoms with Gasteiger partial charge in [-0.25, -0.2) is 4.98 Å². The smallest absolute Gasteiger partial charge is 0.191 e. The van der Waals surface area contributed by atoms with Gasteiger partial charge in [0.1, 0.15) is 5.82 Å². The molecule has 1 aromatic rings. The molecule has 3 heterocycles. The minimum absolute atomic E-state index is 0. The van der Waals surface area contributed by atoms with Crippen molar-refractivity contribution in [1.29, 1.82) is 0 Å². The lowest BCUT2D eigenvalue weighted by atomic mass is 10.2. The number of halogens is 2. The van der Waals surface area contributed by atoms with E-state index in [2.05, 4.69) is 30.4 Å². The molecule has 2 aliphatic heterocycles. The molecular weight excluding hydrogens is 491 g/mol. The molecule has 28 heavy (non-hydrogen) atoms. The zero-order valence-electron chi connectivity index (χ0n) is 16.6. The molecule has 0 aromatic carbocycles. The van der Waals surface area contributed by atoms with E-state index in [4.69, 9.17) is 16.3 Å². The highest BCUT2D eigenvalue weighted by Gasteiger charge is 2.25. The molecule has 7 nitrogen and oxygen atoms in total. The van der Waals surface area contributed by atoms with Gasteiger partial charge in [0.15, 0.2) is 5.96 Å². The molecule has 0 radical (unpaired) electrons. The number of hydrogen-bond acceptors (Lipinski definition) is 5. The molecule has 0 aliphatic carbocycles. The molecule has 9 heteroatoms. The predicted molar refractivity (Wildman–Crippen MR) is 126 cm³/mol. The van der Waals surface area contributed by atoms with E-state index < -0.39 is 0 Å². The zero-order chi connectivity index (χ0) is 18.9. The van der Waals surface area contributed by atoms with Crippen LogP contribution >= 0.6 is 35.6 Å². The van der Waals surface area contributed by atoms with Gasteiger partial charge >= 0.3 is 0 Å². The normalized spacial score (nSPS) is 20.7. The standard InChI is InChI=1S/C19H31ClN6O.HI/c1-21-19(23-7-2-3-9-25-11-13-27-14-12-25)24-16-6-10-26(15-16)18-17(20)5-4-8-22-18;/h4-5,8,16H,2-3,6-7,9-15H2,1H3,(H2,21,23,24);1H. The fourth-order valence-corrected chi connectivity index (χ4v) is 3.80. The van der Waals surface area contributed by atoms with E-state index in [0.29, 0.717) is 11.1 Å². The second-order valence-electron chi connectivity index (χ2n) is 7.04. The molecule has 2 aliphatic rings. The van der Waals surface area contributed by atoms with Crippen molar-refractivity contribution in [2.24, 2.45) is 4.99 Å². The third-order valence-corrected chi connectivity index (χ3v) is 5.38. The summed E-state index contributed by atoms with van der Waals surface area (Å²) in [5.41, 5.74) is 0. The summed E-state index contributed by atoms with van der Waals surface area (Å²) in [7, 11) is 1.82. The molecule has 0 bridgehead atoms. The Morgan fingerprint density at radius 3 is 2.89 bits per heavy atom. The van der Waals surface area contributed by atoms with Crippen LogP contribution in [0.4, 0.5) is 5.82 Å². The highest BCUT2D eigenvalue weighted by molar-refractivity contribution is 14.0. The Bertz CT molecular complexity index is 614. The van der Waals surface area contributed by atoms with Crippen molar-refractivity contribution in [2.45, 2.75) is 25.3 Å². The summed E-state index contributed by atoms with van der Waals surface area (Å²) in [5, 5.41) is 7.67. The number of guanidine groups is 1. The molecule has 2 saturated heterocycles. The lowest BCUT2D eigenvalue weighted by molar-refractivity contribution is 0.0372. The average molecular weight is 523 g/mol. The predicted octanol–water partition coefficient (Wildman–Crippen LogP) is 2.21. The lowest BCUT2D eigenvalue weighted by Crippen LogP contribution is -2.45. The zero-order valence-corrected chi connectivity index (χ0v) is 19.7. The second kappa shape index (κ2) is 12.7. The Hall–Kier alpha value is -0.840. The second-order valence-corrected chi connectivity index (χ2v) is 7.45. The molecule has 1 aromatic heterocycles. The van der Waals surface area contributed by atoms with Crippen LogP contribution in [-0.4, -0.2) is 81.4 Å². The Morgan fingerprint density at radius 1 is 1.32 bits per heavy atom. The van der Waals surface area contributed by atoms with Gasteiger partial charge in [-0.1, -0.05) is 11.6 Å². The number of unbranched alkanes of at least 4 members (excludes halogenated alkanes) is 1. The number of morpholine rings is 1. The van der Waals surface area contributed by atoms with Gasteiger partial charge in [0.05, 0.1) is 18.2 Å². The number of rotatable bonds is 7. The van der Waals surface area contributed by atoms with Gasteiger partial charge in [0, 0.05) is 52.0 Å². The first-order valence-electron chi connectivity index (χ1n) is 9.89. The van der Waals surface area contributed by atoms with Crippen LogP contribution in [0.1, 0.15) is 19.3 Å². The van der Waals surface area contributed by atoms with Gasteiger partial charge in [-0.3, -0.25) is 9.89 Å². The number of nitrogens with zero attached hydrogens (tertiary/aromatic N) is 4. The van der Waals surface area contributed by atoms with Gasteiger partial charge in [0.25, 0.3) is 0 Å². The number of pyridine rings is 1. The van der Waals surface area contributed by atoms with Gasteiger partial charge < -0.3 is 20.3 Å². The summed E-state index contributed by atoms with van der Waals surface area (Å²) < 4.78 is 5.39. The number of aromatic nitrogens is 1. The quantitative estimate of drug-likeness (QED) is 0.248. The molecular formula is C19H32ClIN6O. The summed E-state index contributed by atoms with van der Waals surface area (Å²) in [6.07, 6.45) is 5.17. The molecule has 3 rings (SSSR count). The largest absolute Gasteiger partial charge is 0.379 e. The van der Waals surface area contributed by atoms with Crippen molar-refractivity contribution in [3.8, 4) is 0 Å². The summed E-state index contributed by atoms with van der Waals surface area (Å²) in [6.45, 7) is 7.80. The SMILES string of the molecule is CN=C(NCCCCN1CCOCC1)NC1CCN(c2ncccc2Cl)C1.I. The van der Waals surface area contributed by atoms with Crippen LogP contribution in [0.15, 0.2) is 23.3 Å². The summed E-state index contributed by atoms with van der Waals surface area (Å²) in [5.74, 6) is 1.75. The molecule has 2 N–H and O–H groups in total. The Balaban J connectivity index is 0.00000280. The third-order valence-electron chi connectivity index (χ3n) is 5.09. The first kappa shape index (κ1) is 23.4. The molecule has 1 atom stereocenters. The van der Waals surface area contributed by atoms with Crippen LogP contribution < -0.4 is 15.5 Å². The molecule has 158 valence electrons. The van der Waals surface area contributed by atoms with Crippen LogP contribution in [0.25, 0.3) is 0 Å². The fraction of sp³-hybridized carbons (Fsp3) is 0.684. The summed E-state index contributed by atoms with van der Waals surface area (Å²) in [6, 6.07) is 4.10. The van der Waals surface area contributed by atoms with E-state index in [9.17, 15) is 0 Å². The van der Waals surface area contributed by atoms with Gasteiger partial charge in [0.2, 0.25) is 0 Å². The summed E-state index contributed by atoms with van der Waals surface area (Å²) in [4.78, 5) is 13.5. The fourth-order valence-electron chi connectivity index (χ4n) is 3.56. The first-order valence-corrected chi connectivity index (χ1v) is 10.3. The monoisotopic (exact) mass is 522 g/mol. The summed E-state index contributed by atoms with van der Waals surface area (Å²) >= 11 is 6.27. The van der Waals surface area contributed by atoms with Gasteiger partial charge in [-0.15, -0.1) is 24.0 Å². The van der Waals surface area contributed by atoms with Gasteiger partial charge in [-0.05, 0) is 37.9 Å². The maximum atomic E-state index is 6.27. The molecule has 1 unspecified atom stereocenters. The molecule has 0 spiro atoms. The number of ether oxygens (including phenoxy) is 1. The van der Waals surface area contributed by atoms with Crippen molar-refractivity contribution in [2.75, 3.05) is 64.4 Å². The van der Waals surface area contributed by atoms with Crippen molar-refractivity contribution >= 4 is 47.4 Å². The molecule has 0 amide bonds. The minimum atomic E-state index is 0. The van der Waals surface area contributed by atoms with Crippen LogP contribution in [-0.2, 0) is 4.74 Å². The van der Waals surface area contributed by atoms with Gasteiger partial charge in [-0.2, -0.15) is 0 Å². The van der Waals surface area contributed by atoms with E-state index in [1.165, 1.54) is 6.42 Å². The number of aliphatic imine (C=N–C) groups is 1. The minimum Gasteiger partial charge on any atom is -0.379 e. The van der Waals surface area contributed by atoms with Crippen molar-refractivity contribution in [3.05, 3.63) is 23.4 Å². The maximum absolute atomic E-state index is 6.27. The number of anilines is 1. The van der Waals surface area contributed by atoms with E-state index in [1.54, 1.807) is 6.20 Å². The van der Waals surface area contributed by atoms with E-state index in [-0.39, 0.29) is 24.0 Å². The van der Waals surface area contributed by atoms with E-state index >= 15 is 0 Å². The number of hydrogen-bond donors (Lipinski definition) is 2. The maximum Gasteiger partial charge on any atom is 0.191 e. The Morgan fingerprint density at radius 2 is 2.14 bits per heavy atom. The number of nitrogens with one attached hydrogen (secondary N) is 2. The molecule has 2 fully saturated rings. The van der Waals surface area contributed by atoms with Crippen LogP contribution in [0.5, 0.6) is 0 Å². The first-order chi connectivity index (χ1) is 13.3. The van der Waals surface area contributed by atoms with Crippen LogP contribution in [0.2, 0.25) is 5.02 Å². The lowest BCUT2D eigenvalue weighted by Gasteiger charge is -2.26.